The maximum absolute atomic E-state index is 12.0. The van der Waals surface area contributed by atoms with Crippen molar-refractivity contribution in [1.82, 2.24) is 15.1 Å². The van der Waals surface area contributed by atoms with E-state index in [4.69, 9.17) is 17.5 Å². The zero-order chi connectivity index (χ0) is 17.4. The first-order valence-corrected chi connectivity index (χ1v) is 8.43. The predicted octanol–water partition coefficient (Wildman–Crippen LogP) is 1.94. The molecule has 0 unspecified atom stereocenters. The number of piperazine rings is 1. The fourth-order valence-corrected chi connectivity index (χ4v) is 2.74. The largest absolute Gasteiger partial charge is 0.346 e. The minimum atomic E-state index is -0.215. The predicted molar refractivity (Wildman–Crippen MR) is 99.2 cm³/mol. The minimum absolute atomic E-state index is 0.215. The Balaban J connectivity index is 1.77. The first-order valence-electron chi connectivity index (χ1n) is 8.02. The van der Waals surface area contributed by atoms with Gasteiger partial charge in [0.05, 0.1) is 6.07 Å². The summed E-state index contributed by atoms with van der Waals surface area (Å²) in [5.41, 5.74) is 2.17. The molecule has 0 bridgehead atoms. The van der Waals surface area contributed by atoms with Crippen molar-refractivity contribution in [3.05, 3.63) is 41.5 Å². The molecule has 1 aliphatic rings. The summed E-state index contributed by atoms with van der Waals surface area (Å²) in [5.74, 6) is -0.215. The standard InChI is InChI=1S/C18H22N4OS/c1-15-3-5-16(6-4-15)7-8-17(23)20-18(24)22-13-11-21(12-14-22)10-2-9-19/h3-8H,2,10-14H2,1H3,(H,20,23,24)/b8-7+. The molecule has 1 amide bonds. The number of aryl methyl sites for hydroxylation is 1. The Morgan fingerprint density at radius 1 is 1.29 bits per heavy atom. The molecule has 0 saturated carbocycles. The molecule has 0 aromatic heterocycles. The van der Waals surface area contributed by atoms with E-state index < -0.39 is 0 Å². The van der Waals surface area contributed by atoms with Crippen LogP contribution in [-0.2, 0) is 4.79 Å². The van der Waals surface area contributed by atoms with Crippen LogP contribution < -0.4 is 5.32 Å². The molecule has 0 radical (unpaired) electrons. The number of rotatable bonds is 4. The minimum Gasteiger partial charge on any atom is -0.346 e. The number of amides is 1. The van der Waals surface area contributed by atoms with Gasteiger partial charge in [0.15, 0.2) is 5.11 Å². The third-order valence-electron chi connectivity index (χ3n) is 3.93. The average Bonchev–Trinajstić information content (AvgIpc) is 2.60. The van der Waals surface area contributed by atoms with E-state index >= 15 is 0 Å². The number of benzene rings is 1. The quantitative estimate of drug-likeness (QED) is 0.669. The van der Waals surface area contributed by atoms with Gasteiger partial charge in [-0.2, -0.15) is 5.26 Å². The van der Waals surface area contributed by atoms with Crippen LogP contribution in [0.4, 0.5) is 0 Å². The van der Waals surface area contributed by atoms with Gasteiger partial charge in [0.2, 0.25) is 5.91 Å². The SMILES string of the molecule is Cc1ccc(/C=C/C(=O)NC(=S)N2CCN(CCC#N)CC2)cc1. The molecule has 1 saturated heterocycles. The highest BCUT2D eigenvalue weighted by molar-refractivity contribution is 7.80. The van der Waals surface area contributed by atoms with Crippen LogP contribution in [-0.4, -0.2) is 53.5 Å². The molecule has 2 rings (SSSR count). The van der Waals surface area contributed by atoms with Crippen molar-refractivity contribution in [2.75, 3.05) is 32.7 Å². The fraction of sp³-hybridized carbons (Fsp3) is 0.389. The molecule has 1 heterocycles. The van der Waals surface area contributed by atoms with E-state index in [0.29, 0.717) is 11.5 Å². The van der Waals surface area contributed by atoms with Crippen LogP contribution >= 0.6 is 12.2 Å². The molecular weight excluding hydrogens is 320 g/mol. The van der Waals surface area contributed by atoms with Gasteiger partial charge in [0, 0.05) is 45.2 Å². The number of hydrogen-bond acceptors (Lipinski definition) is 4. The Morgan fingerprint density at radius 3 is 2.58 bits per heavy atom. The molecule has 0 atom stereocenters. The van der Waals surface area contributed by atoms with Crippen LogP contribution in [0.3, 0.4) is 0 Å². The Bertz CT molecular complexity index is 640. The van der Waals surface area contributed by atoms with E-state index in [9.17, 15) is 4.79 Å². The van der Waals surface area contributed by atoms with E-state index in [-0.39, 0.29) is 5.91 Å². The van der Waals surface area contributed by atoms with Crippen molar-refractivity contribution < 1.29 is 4.79 Å². The van der Waals surface area contributed by atoms with Gasteiger partial charge in [-0.3, -0.25) is 15.0 Å². The molecule has 1 aliphatic heterocycles. The third-order valence-corrected chi connectivity index (χ3v) is 4.29. The van der Waals surface area contributed by atoms with Gasteiger partial charge in [0.25, 0.3) is 0 Å². The molecular formula is C18H22N4OS. The second-order valence-corrected chi connectivity index (χ2v) is 6.16. The number of nitrogens with one attached hydrogen (secondary N) is 1. The lowest BCUT2D eigenvalue weighted by atomic mass is 10.1. The van der Waals surface area contributed by atoms with Crippen molar-refractivity contribution in [2.24, 2.45) is 0 Å². The Morgan fingerprint density at radius 2 is 1.96 bits per heavy atom. The number of nitrogens with zero attached hydrogens (tertiary/aromatic N) is 3. The molecule has 6 heteroatoms. The van der Waals surface area contributed by atoms with E-state index in [1.165, 1.54) is 11.6 Å². The Hall–Kier alpha value is -2.23. The number of nitriles is 1. The molecule has 1 aromatic carbocycles. The highest BCUT2D eigenvalue weighted by atomic mass is 32.1. The van der Waals surface area contributed by atoms with Gasteiger partial charge in [-0.05, 0) is 30.8 Å². The molecule has 126 valence electrons. The number of thiocarbonyl (C=S) groups is 1. The van der Waals surface area contributed by atoms with Gasteiger partial charge >= 0.3 is 0 Å². The van der Waals surface area contributed by atoms with E-state index in [2.05, 4.69) is 16.3 Å². The summed E-state index contributed by atoms with van der Waals surface area (Å²) < 4.78 is 0. The molecule has 1 aromatic rings. The summed E-state index contributed by atoms with van der Waals surface area (Å²) in [4.78, 5) is 16.2. The van der Waals surface area contributed by atoms with Gasteiger partial charge in [-0.15, -0.1) is 0 Å². The second-order valence-electron chi connectivity index (χ2n) is 5.78. The highest BCUT2D eigenvalue weighted by Gasteiger charge is 2.19. The van der Waals surface area contributed by atoms with Gasteiger partial charge in [0.1, 0.15) is 0 Å². The lowest BCUT2D eigenvalue weighted by molar-refractivity contribution is -0.115. The van der Waals surface area contributed by atoms with Crippen molar-refractivity contribution in [3.63, 3.8) is 0 Å². The molecule has 1 fully saturated rings. The summed E-state index contributed by atoms with van der Waals surface area (Å²) >= 11 is 5.31. The molecule has 5 nitrogen and oxygen atoms in total. The third kappa shape index (κ3) is 5.76. The maximum atomic E-state index is 12.0. The highest BCUT2D eigenvalue weighted by Crippen LogP contribution is 2.05. The van der Waals surface area contributed by atoms with E-state index in [1.807, 2.05) is 36.1 Å². The monoisotopic (exact) mass is 342 g/mol. The normalized spacial score (nSPS) is 15.2. The van der Waals surface area contributed by atoms with Crippen LogP contribution in [0.2, 0.25) is 0 Å². The number of hydrogen-bond donors (Lipinski definition) is 1. The summed E-state index contributed by atoms with van der Waals surface area (Å²) in [6.45, 7) is 6.08. The van der Waals surface area contributed by atoms with Crippen LogP contribution in [0.1, 0.15) is 17.5 Å². The fourth-order valence-electron chi connectivity index (χ4n) is 2.46. The van der Waals surface area contributed by atoms with Crippen LogP contribution in [0.25, 0.3) is 6.08 Å². The zero-order valence-electron chi connectivity index (χ0n) is 13.9. The van der Waals surface area contributed by atoms with Crippen LogP contribution in [0.15, 0.2) is 30.3 Å². The maximum Gasteiger partial charge on any atom is 0.250 e. The van der Waals surface area contributed by atoms with Crippen LogP contribution in [0.5, 0.6) is 0 Å². The molecule has 1 N–H and O–H groups in total. The number of carbonyl (C=O) groups is 1. The zero-order valence-corrected chi connectivity index (χ0v) is 14.7. The smallest absolute Gasteiger partial charge is 0.250 e. The van der Waals surface area contributed by atoms with Crippen molar-refractivity contribution in [1.29, 1.82) is 5.26 Å². The second kappa shape index (κ2) is 9.16. The van der Waals surface area contributed by atoms with Crippen molar-refractivity contribution >= 4 is 29.3 Å². The lowest BCUT2D eigenvalue weighted by Crippen LogP contribution is -2.52. The Labute approximate surface area is 148 Å². The molecule has 24 heavy (non-hydrogen) atoms. The van der Waals surface area contributed by atoms with Gasteiger partial charge < -0.3 is 4.90 Å². The average molecular weight is 342 g/mol. The van der Waals surface area contributed by atoms with E-state index in [0.717, 1.165) is 38.3 Å². The van der Waals surface area contributed by atoms with Crippen molar-refractivity contribution in [2.45, 2.75) is 13.3 Å². The summed E-state index contributed by atoms with van der Waals surface area (Å²) in [6.07, 6.45) is 3.82. The van der Waals surface area contributed by atoms with Crippen molar-refractivity contribution in [3.8, 4) is 6.07 Å². The molecule has 0 spiro atoms. The molecule has 0 aliphatic carbocycles. The van der Waals surface area contributed by atoms with Crippen LogP contribution in [0, 0.1) is 18.3 Å². The van der Waals surface area contributed by atoms with E-state index in [1.54, 1.807) is 6.08 Å². The summed E-state index contributed by atoms with van der Waals surface area (Å²) in [5, 5.41) is 11.8. The topological polar surface area (TPSA) is 59.4 Å². The summed E-state index contributed by atoms with van der Waals surface area (Å²) in [6, 6.07) is 10.1. The summed E-state index contributed by atoms with van der Waals surface area (Å²) in [7, 11) is 0. The first-order chi connectivity index (χ1) is 11.6. The lowest BCUT2D eigenvalue weighted by Gasteiger charge is -2.35. The van der Waals surface area contributed by atoms with Gasteiger partial charge in [-0.1, -0.05) is 29.8 Å². The Kier molecular flexibility index (Phi) is 6.91. The number of carbonyl (C=O) groups excluding carboxylic acids is 1. The van der Waals surface area contributed by atoms with Gasteiger partial charge in [-0.25, -0.2) is 0 Å². The first kappa shape index (κ1) is 18.1.